The number of carbonyl (C=O) groups excluding carboxylic acids is 3. The molecule has 5 unspecified atom stereocenters. The van der Waals surface area contributed by atoms with Crippen LogP contribution in [0.1, 0.15) is 45.6 Å². The highest BCUT2D eigenvalue weighted by atomic mass is 16.4. The molecule has 0 saturated carbocycles. The van der Waals surface area contributed by atoms with Crippen LogP contribution in [-0.2, 0) is 25.6 Å². The van der Waals surface area contributed by atoms with Crippen LogP contribution in [0, 0.1) is 5.92 Å². The summed E-state index contributed by atoms with van der Waals surface area (Å²) in [5, 5.41) is 15.5. The highest BCUT2D eigenvalue weighted by Gasteiger charge is 2.37. The van der Waals surface area contributed by atoms with Crippen LogP contribution >= 0.6 is 0 Å². The highest BCUT2D eigenvalue weighted by molar-refractivity contribution is 5.94. The molecule has 0 spiro atoms. The van der Waals surface area contributed by atoms with Gasteiger partial charge in [-0.05, 0) is 43.7 Å². The number of likely N-dealkylation sites (tertiary alicyclic amines) is 1. The fourth-order valence-corrected chi connectivity index (χ4v) is 4.48. The second-order valence-corrected chi connectivity index (χ2v) is 9.30. The van der Waals surface area contributed by atoms with Crippen LogP contribution in [0.4, 0.5) is 0 Å². The number of nitrogens with zero attached hydrogens (tertiary/aromatic N) is 1. The molecule has 0 bridgehead atoms. The molecule has 0 aliphatic carbocycles. The number of carboxylic acids is 1. The van der Waals surface area contributed by atoms with Gasteiger partial charge in [-0.2, -0.15) is 0 Å². The minimum absolute atomic E-state index is 0.263. The summed E-state index contributed by atoms with van der Waals surface area (Å²) in [6.45, 7) is 5.48. The number of nitrogens with two attached hydrogens (primary N) is 1. The molecule has 0 radical (unpaired) electrons. The Morgan fingerprint density at radius 2 is 1.91 bits per heavy atom. The Balaban J connectivity index is 1.60. The monoisotopic (exact) mass is 485 g/mol. The molecule has 5 atom stereocenters. The van der Waals surface area contributed by atoms with Crippen LogP contribution in [0.25, 0.3) is 10.9 Å². The van der Waals surface area contributed by atoms with Crippen molar-refractivity contribution in [1.29, 1.82) is 0 Å². The molecule has 1 aromatic heterocycles. The molecule has 3 amide bonds. The normalized spacial score (nSPS) is 19.1. The molecule has 2 heterocycles. The number of hydrogen-bond donors (Lipinski definition) is 5. The Labute approximate surface area is 204 Å². The van der Waals surface area contributed by atoms with Gasteiger partial charge in [0.25, 0.3) is 0 Å². The lowest BCUT2D eigenvalue weighted by atomic mass is 9.99. The molecule has 2 aromatic rings. The minimum atomic E-state index is -1.12. The summed E-state index contributed by atoms with van der Waals surface area (Å²) in [6, 6.07) is 4.23. The number of nitrogens with one attached hydrogen (secondary N) is 3. The van der Waals surface area contributed by atoms with E-state index in [1.54, 1.807) is 6.92 Å². The molecule has 10 nitrogen and oxygen atoms in total. The molecule has 1 saturated heterocycles. The van der Waals surface area contributed by atoms with Gasteiger partial charge in [0.15, 0.2) is 0 Å². The number of para-hydroxylation sites is 1. The van der Waals surface area contributed by atoms with Crippen LogP contribution in [-0.4, -0.2) is 69.4 Å². The van der Waals surface area contributed by atoms with Crippen LogP contribution in [0.5, 0.6) is 0 Å². The van der Waals surface area contributed by atoms with E-state index in [1.165, 1.54) is 11.8 Å². The third kappa shape index (κ3) is 6.00. The maximum atomic E-state index is 13.1. The first kappa shape index (κ1) is 26.2. The van der Waals surface area contributed by atoms with Gasteiger partial charge in [-0.3, -0.25) is 14.4 Å². The van der Waals surface area contributed by atoms with Crippen molar-refractivity contribution in [2.45, 2.75) is 70.6 Å². The fraction of sp³-hybridized carbons (Fsp3) is 0.520. The quantitative estimate of drug-likeness (QED) is 0.340. The van der Waals surface area contributed by atoms with E-state index in [0.29, 0.717) is 32.2 Å². The number of amides is 3. The average molecular weight is 486 g/mol. The first-order valence-corrected chi connectivity index (χ1v) is 12.1. The van der Waals surface area contributed by atoms with Gasteiger partial charge in [-0.25, -0.2) is 4.79 Å². The summed E-state index contributed by atoms with van der Waals surface area (Å²) in [7, 11) is 0. The molecule has 1 aliphatic heterocycles. The zero-order chi connectivity index (χ0) is 25.7. The molecule has 1 aliphatic rings. The van der Waals surface area contributed by atoms with Crippen LogP contribution in [0.3, 0.4) is 0 Å². The van der Waals surface area contributed by atoms with Gasteiger partial charge in [0.1, 0.15) is 18.1 Å². The Morgan fingerprint density at radius 1 is 1.20 bits per heavy atom. The molecule has 6 N–H and O–H groups in total. The predicted molar refractivity (Wildman–Crippen MR) is 131 cm³/mol. The molecule has 3 rings (SSSR count). The number of hydrogen-bond acceptors (Lipinski definition) is 5. The Morgan fingerprint density at radius 3 is 2.60 bits per heavy atom. The van der Waals surface area contributed by atoms with Crippen molar-refractivity contribution < 1.29 is 24.3 Å². The molecule has 190 valence electrons. The van der Waals surface area contributed by atoms with E-state index < -0.39 is 42.0 Å². The van der Waals surface area contributed by atoms with Gasteiger partial charge in [-0.1, -0.05) is 38.5 Å². The van der Waals surface area contributed by atoms with Crippen molar-refractivity contribution in [2.75, 3.05) is 6.54 Å². The third-order valence-corrected chi connectivity index (χ3v) is 6.80. The first-order chi connectivity index (χ1) is 16.6. The third-order valence-electron chi connectivity index (χ3n) is 6.80. The zero-order valence-corrected chi connectivity index (χ0v) is 20.4. The Hall–Kier alpha value is -3.40. The maximum absolute atomic E-state index is 13.1. The van der Waals surface area contributed by atoms with Gasteiger partial charge in [-0.15, -0.1) is 0 Å². The molecule has 1 aromatic carbocycles. The number of H-pyrrole nitrogens is 1. The lowest BCUT2D eigenvalue weighted by Crippen LogP contribution is -2.56. The van der Waals surface area contributed by atoms with Crippen LogP contribution in [0.15, 0.2) is 30.5 Å². The van der Waals surface area contributed by atoms with Crippen molar-refractivity contribution in [1.82, 2.24) is 20.5 Å². The van der Waals surface area contributed by atoms with Gasteiger partial charge in [0.05, 0.1) is 6.04 Å². The molecule has 1 fully saturated rings. The SMILES string of the molecule is CCC(C)C(NC(=O)C(C)NC(=O)C1CCCN1C(=O)C(N)Cc1c[nH]c2ccccc12)C(=O)O. The summed E-state index contributed by atoms with van der Waals surface area (Å²) in [5.41, 5.74) is 8.16. The van der Waals surface area contributed by atoms with Crippen molar-refractivity contribution in [3.8, 4) is 0 Å². The zero-order valence-electron chi connectivity index (χ0n) is 20.4. The van der Waals surface area contributed by atoms with Crippen molar-refractivity contribution >= 4 is 34.6 Å². The largest absolute Gasteiger partial charge is 0.480 e. The summed E-state index contributed by atoms with van der Waals surface area (Å²) in [4.78, 5) is 54.8. The summed E-state index contributed by atoms with van der Waals surface area (Å²) < 4.78 is 0. The van der Waals surface area contributed by atoms with E-state index in [9.17, 15) is 24.3 Å². The second-order valence-electron chi connectivity index (χ2n) is 9.30. The van der Waals surface area contributed by atoms with Gasteiger partial charge >= 0.3 is 5.97 Å². The molecular weight excluding hydrogens is 450 g/mol. The number of aromatic nitrogens is 1. The number of carboxylic acid groups (broad SMARTS) is 1. The van der Waals surface area contributed by atoms with E-state index >= 15 is 0 Å². The first-order valence-electron chi connectivity index (χ1n) is 12.1. The van der Waals surface area contributed by atoms with Crippen LogP contribution in [0.2, 0.25) is 0 Å². The molecular formula is C25H35N5O5. The topological polar surface area (TPSA) is 158 Å². The van der Waals surface area contributed by atoms with E-state index in [0.717, 1.165) is 16.5 Å². The van der Waals surface area contributed by atoms with E-state index in [-0.39, 0.29) is 11.8 Å². The molecule has 10 heteroatoms. The van der Waals surface area contributed by atoms with Crippen LogP contribution < -0.4 is 16.4 Å². The highest BCUT2D eigenvalue weighted by Crippen LogP contribution is 2.22. The lowest BCUT2D eigenvalue weighted by Gasteiger charge is -2.28. The fourth-order valence-electron chi connectivity index (χ4n) is 4.48. The number of aromatic amines is 1. The molecule has 35 heavy (non-hydrogen) atoms. The van der Waals surface area contributed by atoms with E-state index in [2.05, 4.69) is 15.6 Å². The predicted octanol–water partition coefficient (Wildman–Crippen LogP) is 1.15. The number of fused-ring (bicyclic) bond motifs is 1. The summed E-state index contributed by atoms with van der Waals surface area (Å²) >= 11 is 0. The minimum Gasteiger partial charge on any atom is -0.480 e. The Bertz CT molecular complexity index is 1080. The average Bonchev–Trinajstić information content (AvgIpc) is 3.49. The number of benzene rings is 1. The van der Waals surface area contributed by atoms with E-state index in [4.69, 9.17) is 5.73 Å². The van der Waals surface area contributed by atoms with Crippen molar-refractivity contribution in [2.24, 2.45) is 11.7 Å². The van der Waals surface area contributed by atoms with Gasteiger partial charge < -0.3 is 31.4 Å². The lowest BCUT2D eigenvalue weighted by molar-refractivity contribution is -0.144. The second kappa shape index (κ2) is 11.4. The summed E-state index contributed by atoms with van der Waals surface area (Å²) in [5.74, 6) is -2.73. The van der Waals surface area contributed by atoms with Gasteiger partial charge in [0, 0.05) is 23.6 Å². The van der Waals surface area contributed by atoms with Crippen molar-refractivity contribution in [3.05, 3.63) is 36.0 Å². The van der Waals surface area contributed by atoms with Gasteiger partial charge in [0.2, 0.25) is 17.7 Å². The summed E-state index contributed by atoms with van der Waals surface area (Å²) in [6.07, 6.45) is 3.88. The maximum Gasteiger partial charge on any atom is 0.326 e. The van der Waals surface area contributed by atoms with Crippen molar-refractivity contribution in [3.63, 3.8) is 0 Å². The number of carbonyl (C=O) groups is 4. The number of aliphatic carboxylic acids is 1. The van der Waals surface area contributed by atoms with E-state index in [1.807, 2.05) is 37.4 Å². The standard InChI is InChI=1S/C25H35N5O5/c1-4-14(2)21(25(34)35)29-22(31)15(3)28-23(32)20-10-7-11-30(20)24(33)18(26)12-16-13-27-19-9-6-5-8-17(16)19/h5-6,8-9,13-15,18,20-21,27H,4,7,10-12,26H2,1-3H3,(H,28,32)(H,29,31)(H,34,35). The smallest absolute Gasteiger partial charge is 0.326 e. The number of rotatable bonds is 10. The Kier molecular flexibility index (Phi) is 8.50.